The molecule has 0 spiro atoms. The summed E-state index contributed by atoms with van der Waals surface area (Å²) in [6, 6.07) is 7.49. The van der Waals surface area contributed by atoms with Crippen molar-refractivity contribution in [3.63, 3.8) is 0 Å². The quantitative estimate of drug-likeness (QED) is 0.776. The fourth-order valence-electron chi connectivity index (χ4n) is 1.74. The normalized spacial score (nSPS) is 10.4. The van der Waals surface area contributed by atoms with E-state index in [2.05, 4.69) is 5.10 Å². The zero-order valence-corrected chi connectivity index (χ0v) is 10.8. The van der Waals surface area contributed by atoms with Gasteiger partial charge < -0.3 is 4.74 Å². The van der Waals surface area contributed by atoms with Crippen LogP contribution in [0.2, 0.25) is 0 Å². The summed E-state index contributed by atoms with van der Waals surface area (Å²) in [6.45, 7) is 3.86. The van der Waals surface area contributed by atoms with Crippen LogP contribution in [0, 0.1) is 6.92 Å². The summed E-state index contributed by atoms with van der Waals surface area (Å²) >= 11 is 0. The maximum atomic E-state index is 11.5. The molecular formula is C14H16N2O2. The molecule has 4 heteroatoms. The Hall–Kier alpha value is -2.10. The Balaban J connectivity index is 2.16. The van der Waals surface area contributed by atoms with Crippen molar-refractivity contribution in [3.8, 4) is 5.75 Å². The van der Waals surface area contributed by atoms with Crippen molar-refractivity contribution >= 4 is 5.78 Å². The third-order valence-electron chi connectivity index (χ3n) is 2.66. The Kier molecular flexibility index (Phi) is 3.46. The molecular weight excluding hydrogens is 228 g/mol. The maximum Gasteiger partial charge on any atom is 0.163 e. The Bertz CT molecular complexity index is 573. The Morgan fingerprint density at radius 1 is 1.39 bits per heavy atom. The van der Waals surface area contributed by atoms with Gasteiger partial charge in [-0.15, -0.1) is 0 Å². The number of rotatable bonds is 4. The van der Waals surface area contributed by atoms with Crippen LogP contribution in [0.1, 0.15) is 28.5 Å². The number of ether oxygens (including phenoxy) is 1. The van der Waals surface area contributed by atoms with Gasteiger partial charge in [0.25, 0.3) is 0 Å². The van der Waals surface area contributed by atoms with Crippen molar-refractivity contribution < 1.29 is 9.53 Å². The molecule has 1 aromatic heterocycles. The van der Waals surface area contributed by atoms with Gasteiger partial charge >= 0.3 is 0 Å². The third kappa shape index (κ3) is 2.77. The van der Waals surface area contributed by atoms with Gasteiger partial charge in [-0.05, 0) is 32.0 Å². The number of Topliss-reactive ketones (excluding diaryl/α,β-unsaturated/α-hetero) is 1. The molecule has 0 atom stereocenters. The monoisotopic (exact) mass is 244 g/mol. The molecule has 0 aliphatic carbocycles. The highest BCUT2D eigenvalue weighted by Gasteiger charge is 2.09. The molecule has 18 heavy (non-hydrogen) atoms. The van der Waals surface area contributed by atoms with E-state index in [1.54, 1.807) is 11.6 Å². The topological polar surface area (TPSA) is 44.1 Å². The maximum absolute atomic E-state index is 11.5. The first-order chi connectivity index (χ1) is 8.56. The van der Waals surface area contributed by atoms with E-state index >= 15 is 0 Å². The minimum atomic E-state index is 0.00900. The molecule has 2 aromatic rings. The van der Waals surface area contributed by atoms with Gasteiger partial charge in [0, 0.05) is 13.2 Å². The van der Waals surface area contributed by atoms with Crippen LogP contribution in [0.3, 0.4) is 0 Å². The predicted octanol–water partition coefficient (Wildman–Crippen LogP) is 2.51. The lowest BCUT2D eigenvalue weighted by Crippen LogP contribution is -2.03. The molecule has 1 aromatic carbocycles. The first-order valence-electron chi connectivity index (χ1n) is 5.79. The van der Waals surface area contributed by atoms with Gasteiger partial charge in [-0.1, -0.05) is 11.6 Å². The number of aromatic nitrogens is 2. The number of carbonyl (C=O) groups is 1. The van der Waals surface area contributed by atoms with E-state index < -0.39 is 0 Å². The van der Waals surface area contributed by atoms with Crippen LogP contribution >= 0.6 is 0 Å². The van der Waals surface area contributed by atoms with Crippen molar-refractivity contribution in [2.45, 2.75) is 20.5 Å². The SMILES string of the molecule is CC(=O)c1cc(C)ccc1OCc1ccn(C)n1. The Labute approximate surface area is 106 Å². The van der Waals surface area contributed by atoms with Gasteiger partial charge in [-0.25, -0.2) is 0 Å². The number of nitrogens with zero attached hydrogens (tertiary/aromatic N) is 2. The summed E-state index contributed by atoms with van der Waals surface area (Å²) in [4.78, 5) is 11.5. The van der Waals surface area contributed by atoms with Gasteiger partial charge in [-0.2, -0.15) is 5.10 Å². The largest absolute Gasteiger partial charge is 0.486 e. The van der Waals surface area contributed by atoms with Gasteiger partial charge in [0.05, 0.1) is 11.3 Å². The van der Waals surface area contributed by atoms with E-state index in [1.165, 1.54) is 0 Å². The van der Waals surface area contributed by atoms with E-state index in [4.69, 9.17) is 4.74 Å². The summed E-state index contributed by atoms with van der Waals surface area (Å²) < 4.78 is 7.38. The number of ketones is 1. The van der Waals surface area contributed by atoms with Crippen LogP contribution < -0.4 is 4.74 Å². The highest BCUT2D eigenvalue weighted by atomic mass is 16.5. The molecule has 1 heterocycles. The molecule has 0 saturated carbocycles. The van der Waals surface area contributed by atoms with Crippen molar-refractivity contribution in [2.24, 2.45) is 7.05 Å². The summed E-state index contributed by atoms with van der Waals surface area (Å²) in [5.41, 5.74) is 2.50. The summed E-state index contributed by atoms with van der Waals surface area (Å²) in [6.07, 6.45) is 1.86. The molecule has 2 rings (SSSR count). The molecule has 0 aliphatic rings. The second-order valence-electron chi connectivity index (χ2n) is 4.33. The van der Waals surface area contributed by atoms with E-state index in [0.717, 1.165) is 11.3 Å². The number of hydrogen-bond acceptors (Lipinski definition) is 3. The van der Waals surface area contributed by atoms with Crippen molar-refractivity contribution in [1.82, 2.24) is 9.78 Å². The third-order valence-corrected chi connectivity index (χ3v) is 2.66. The van der Waals surface area contributed by atoms with Crippen molar-refractivity contribution in [1.29, 1.82) is 0 Å². The smallest absolute Gasteiger partial charge is 0.163 e. The van der Waals surface area contributed by atoms with Gasteiger partial charge in [0.15, 0.2) is 5.78 Å². The number of hydrogen-bond donors (Lipinski definition) is 0. The minimum Gasteiger partial charge on any atom is -0.486 e. The van der Waals surface area contributed by atoms with E-state index in [-0.39, 0.29) is 5.78 Å². The van der Waals surface area contributed by atoms with E-state index in [0.29, 0.717) is 17.9 Å². The summed E-state index contributed by atoms with van der Waals surface area (Å²) in [5.74, 6) is 0.619. The standard InChI is InChI=1S/C14H16N2O2/c1-10-4-5-14(13(8-10)11(2)17)18-9-12-6-7-16(3)15-12/h4-8H,9H2,1-3H3. The van der Waals surface area contributed by atoms with E-state index in [1.807, 2.05) is 44.4 Å². The minimum absolute atomic E-state index is 0.00900. The fourth-order valence-corrected chi connectivity index (χ4v) is 1.74. The Morgan fingerprint density at radius 2 is 2.17 bits per heavy atom. The van der Waals surface area contributed by atoms with Gasteiger partial charge in [-0.3, -0.25) is 9.48 Å². The highest BCUT2D eigenvalue weighted by molar-refractivity contribution is 5.97. The average Bonchev–Trinajstić information content (AvgIpc) is 2.73. The number of benzene rings is 1. The first-order valence-corrected chi connectivity index (χ1v) is 5.79. The second kappa shape index (κ2) is 5.04. The lowest BCUT2D eigenvalue weighted by Gasteiger charge is -2.09. The van der Waals surface area contributed by atoms with Crippen LogP contribution in [0.15, 0.2) is 30.5 Å². The van der Waals surface area contributed by atoms with Crippen molar-refractivity contribution in [2.75, 3.05) is 0 Å². The lowest BCUT2D eigenvalue weighted by molar-refractivity contribution is 0.101. The predicted molar refractivity (Wildman–Crippen MR) is 68.7 cm³/mol. The summed E-state index contributed by atoms with van der Waals surface area (Å²) in [7, 11) is 1.86. The molecule has 0 bridgehead atoms. The van der Waals surface area contributed by atoms with Gasteiger partial charge in [0.1, 0.15) is 12.4 Å². The van der Waals surface area contributed by atoms with Crippen molar-refractivity contribution in [3.05, 3.63) is 47.3 Å². The van der Waals surface area contributed by atoms with E-state index in [9.17, 15) is 4.79 Å². The van der Waals surface area contributed by atoms with Crippen LogP contribution in [0.25, 0.3) is 0 Å². The van der Waals surface area contributed by atoms with Crippen LogP contribution in [0.4, 0.5) is 0 Å². The summed E-state index contributed by atoms with van der Waals surface area (Å²) in [5, 5.41) is 4.22. The average molecular weight is 244 g/mol. The second-order valence-corrected chi connectivity index (χ2v) is 4.33. The molecule has 94 valence electrons. The van der Waals surface area contributed by atoms with Gasteiger partial charge in [0.2, 0.25) is 0 Å². The molecule has 0 saturated heterocycles. The molecule has 4 nitrogen and oxygen atoms in total. The number of aryl methyl sites for hydroxylation is 2. The van der Waals surface area contributed by atoms with Crippen LogP contribution in [-0.4, -0.2) is 15.6 Å². The lowest BCUT2D eigenvalue weighted by atomic mass is 10.1. The highest BCUT2D eigenvalue weighted by Crippen LogP contribution is 2.21. The molecule has 0 N–H and O–H groups in total. The number of carbonyl (C=O) groups excluding carboxylic acids is 1. The first kappa shape index (κ1) is 12.4. The van der Waals surface area contributed by atoms with Crippen LogP contribution in [-0.2, 0) is 13.7 Å². The zero-order valence-electron chi connectivity index (χ0n) is 10.8. The molecule has 0 amide bonds. The van der Waals surface area contributed by atoms with Crippen LogP contribution in [0.5, 0.6) is 5.75 Å². The fraction of sp³-hybridized carbons (Fsp3) is 0.286. The zero-order chi connectivity index (χ0) is 13.1. The molecule has 0 unspecified atom stereocenters. The molecule has 0 aliphatic heterocycles. The Morgan fingerprint density at radius 3 is 2.78 bits per heavy atom. The molecule has 0 fully saturated rings. The molecule has 0 radical (unpaired) electrons.